The number of nitrogen functional groups attached to an aromatic ring is 1. The number of para-hydroxylation sites is 1. The van der Waals surface area contributed by atoms with Crippen molar-refractivity contribution in [2.75, 3.05) is 5.73 Å². The van der Waals surface area contributed by atoms with Crippen molar-refractivity contribution in [1.82, 2.24) is 14.5 Å². The first-order valence-electron chi connectivity index (χ1n) is 5.32. The number of nitrogens with zero attached hydrogens (tertiary/aromatic N) is 2. The van der Waals surface area contributed by atoms with E-state index in [2.05, 4.69) is 9.82 Å². The lowest BCUT2D eigenvalue weighted by Gasteiger charge is -2.08. The highest BCUT2D eigenvalue weighted by Gasteiger charge is 2.17. The van der Waals surface area contributed by atoms with E-state index in [-0.39, 0.29) is 11.6 Å². The number of sulfonamides is 1. The summed E-state index contributed by atoms with van der Waals surface area (Å²) in [5, 5.41) is 3.95. The van der Waals surface area contributed by atoms with Crippen LogP contribution in [0.15, 0.2) is 41.6 Å². The van der Waals surface area contributed by atoms with Crippen molar-refractivity contribution in [3.05, 3.63) is 42.1 Å². The maximum atomic E-state index is 12.0. The third kappa shape index (κ3) is 2.52. The van der Waals surface area contributed by atoms with Gasteiger partial charge in [0.15, 0.2) is 5.03 Å². The molecular formula is C11H14N4O2S. The Hall–Kier alpha value is -1.86. The summed E-state index contributed by atoms with van der Waals surface area (Å²) in [5.41, 5.74) is 7.05. The predicted molar refractivity (Wildman–Crippen MR) is 68.1 cm³/mol. The monoisotopic (exact) mass is 266 g/mol. The molecule has 1 heterocycles. The molecule has 1 aromatic heterocycles. The van der Waals surface area contributed by atoms with Gasteiger partial charge in [-0.15, -0.1) is 0 Å². The van der Waals surface area contributed by atoms with Gasteiger partial charge in [-0.2, -0.15) is 5.10 Å². The maximum Gasteiger partial charge on any atom is 0.258 e. The molecule has 0 saturated carbocycles. The second-order valence-electron chi connectivity index (χ2n) is 3.82. The van der Waals surface area contributed by atoms with E-state index in [1.807, 2.05) is 6.07 Å². The molecule has 0 atom stereocenters. The summed E-state index contributed by atoms with van der Waals surface area (Å²) in [7, 11) is -1.99. The summed E-state index contributed by atoms with van der Waals surface area (Å²) in [6.07, 6.45) is 1.44. The number of nitrogens with one attached hydrogen (secondary N) is 1. The third-order valence-corrected chi connectivity index (χ3v) is 4.03. The van der Waals surface area contributed by atoms with Gasteiger partial charge >= 0.3 is 0 Å². The van der Waals surface area contributed by atoms with Crippen LogP contribution >= 0.6 is 0 Å². The standard InChI is InChI=1S/C11H14N4O2S/c1-15-11(6-7-13-15)18(16,17)14-8-9-4-2-3-5-10(9)12/h2-7,14H,8,12H2,1H3. The van der Waals surface area contributed by atoms with Gasteiger partial charge in [-0.3, -0.25) is 4.68 Å². The predicted octanol–water partition coefficient (Wildman–Crippen LogP) is 0.481. The summed E-state index contributed by atoms with van der Waals surface area (Å²) in [5.74, 6) is 0. The summed E-state index contributed by atoms with van der Waals surface area (Å²) < 4.78 is 27.8. The molecule has 0 spiro atoms. The molecule has 1 aromatic carbocycles. The fourth-order valence-electron chi connectivity index (χ4n) is 1.57. The number of hydrogen-bond acceptors (Lipinski definition) is 4. The minimum Gasteiger partial charge on any atom is -0.398 e. The molecule has 2 aromatic rings. The SMILES string of the molecule is Cn1nccc1S(=O)(=O)NCc1ccccc1N. The molecule has 0 radical (unpaired) electrons. The number of rotatable bonds is 4. The second kappa shape index (κ2) is 4.79. The van der Waals surface area contributed by atoms with E-state index in [0.29, 0.717) is 5.69 Å². The van der Waals surface area contributed by atoms with Gasteiger partial charge in [-0.1, -0.05) is 18.2 Å². The molecular weight excluding hydrogens is 252 g/mol. The van der Waals surface area contributed by atoms with Gasteiger partial charge in [-0.25, -0.2) is 13.1 Å². The van der Waals surface area contributed by atoms with Crippen molar-refractivity contribution in [1.29, 1.82) is 0 Å². The Morgan fingerprint density at radius 1 is 1.33 bits per heavy atom. The molecule has 96 valence electrons. The fraction of sp³-hybridized carbons (Fsp3) is 0.182. The van der Waals surface area contributed by atoms with Crippen molar-refractivity contribution in [3.8, 4) is 0 Å². The van der Waals surface area contributed by atoms with Crippen LogP contribution in [0.3, 0.4) is 0 Å². The summed E-state index contributed by atoms with van der Waals surface area (Å²) in [4.78, 5) is 0. The maximum absolute atomic E-state index is 12.0. The van der Waals surface area contributed by atoms with E-state index in [9.17, 15) is 8.42 Å². The molecule has 0 aliphatic rings. The number of aryl methyl sites for hydroxylation is 1. The second-order valence-corrected chi connectivity index (χ2v) is 5.53. The van der Waals surface area contributed by atoms with Crippen LogP contribution in [0.1, 0.15) is 5.56 Å². The van der Waals surface area contributed by atoms with Gasteiger partial charge in [-0.05, 0) is 17.7 Å². The quantitative estimate of drug-likeness (QED) is 0.788. The smallest absolute Gasteiger partial charge is 0.258 e. The molecule has 0 amide bonds. The average molecular weight is 266 g/mol. The normalized spacial score (nSPS) is 11.6. The first-order valence-corrected chi connectivity index (χ1v) is 6.80. The molecule has 0 saturated heterocycles. The van der Waals surface area contributed by atoms with Crippen LogP contribution in [0, 0.1) is 0 Å². The Morgan fingerprint density at radius 2 is 2.06 bits per heavy atom. The van der Waals surface area contributed by atoms with Gasteiger partial charge in [0, 0.05) is 19.3 Å². The molecule has 0 bridgehead atoms. The Morgan fingerprint density at radius 3 is 2.67 bits per heavy atom. The minimum absolute atomic E-state index is 0.122. The molecule has 7 heteroatoms. The summed E-state index contributed by atoms with van der Waals surface area (Å²) >= 11 is 0. The number of benzene rings is 1. The number of aromatic nitrogens is 2. The average Bonchev–Trinajstić information content (AvgIpc) is 2.75. The lowest BCUT2D eigenvalue weighted by molar-refractivity contribution is 0.563. The van der Waals surface area contributed by atoms with Crippen molar-refractivity contribution >= 4 is 15.7 Å². The zero-order valence-electron chi connectivity index (χ0n) is 9.87. The van der Waals surface area contributed by atoms with Crippen LogP contribution in [0.2, 0.25) is 0 Å². The molecule has 0 unspecified atom stereocenters. The molecule has 0 aliphatic carbocycles. The van der Waals surface area contributed by atoms with Crippen LogP contribution in [-0.4, -0.2) is 18.2 Å². The molecule has 0 aliphatic heterocycles. The molecule has 6 nitrogen and oxygen atoms in total. The van der Waals surface area contributed by atoms with Gasteiger partial charge < -0.3 is 5.73 Å². The van der Waals surface area contributed by atoms with Crippen molar-refractivity contribution in [2.24, 2.45) is 7.05 Å². The first kappa shape index (κ1) is 12.6. The molecule has 2 rings (SSSR count). The lowest BCUT2D eigenvalue weighted by Crippen LogP contribution is -2.25. The molecule has 0 fully saturated rings. The summed E-state index contributed by atoms with van der Waals surface area (Å²) in [6.45, 7) is 0.153. The van der Waals surface area contributed by atoms with Gasteiger partial charge in [0.1, 0.15) is 0 Å². The highest BCUT2D eigenvalue weighted by molar-refractivity contribution is 7.89. The van der Waals surface area contributed by atoms with Crippen LogP contribution < -0.4 is 10.5 Å². The highest BCUT2D eigenvalue weighted by Crippen LogP contribution is 2.12. The van der Waals surface area contributed by atoms with Crippen molar-refractivity contribution in [3.63, 3.8) is 0 Å². The number of nitrogens with two attached hydrogens (primary N) is 1. The molecule has 18 heavy (non-hydrogen) atoms. The van der Waals surface area contributed by atoms with E-state index in [1.165, 1.54) is 16.9 Å². The van der Waals surface area contributed by atoms with E-state index >= 15 is 0 Å². The van der Waals surface area contributed by atoms with Gasteiger partial charge in [0.25, 0.3) is 10.0 Å². The Labute approximate surface area is 105 Å². The highest BCUT2D eigenvalue weighted by atomic mass is 32.2. The fourth-order valence-corrected chi connectivity index (χ4v) is 2.70. The zero-order chi connectivity index (χ0) is 13.2. The van der Waals surface area contributed by atoms with Gasteiger partial charge in [0.2, 0.25) is 0 Å². The lowest BCUT2D eigenvalue weighted by atomic mass is 10.2. The Balaban J connectivity index is 2.16. The minimum atomic E-state index is -3.57. The Bertz CT molecular complexity index is 649. The molecule has 3 N–H and O–H groups in total. The topological polar surface area (TPSA) is 90.0 Å². The van der Waals surface area contributed by atoms with E-state index in [4.69, 9.17) is 5.73 Å². The third-order valence-electron chi connectivity index (χ3n) is 2.56. The van der Waals surface area contributed by atoms with Crippen LogP contribution in [0.5, 0.6) is 0 Å². The van der Waals surface area contributed by atoms with Crippen molar-refractivity contribution < 1.29 is 8.42 Å². The number of anilines is 1. The van der Waals surface area contributed by atoms with Crippen LogP contribution in [0.4, 0.5) is 5.69 Å². The largest absolute Gasteiger partial charge is 0.398 e. The van der Waals surface area contributed by atoms with Gasteiger partial charge in [0.05, 0.1) is 6.20 Å². The number of hydrogen-bond donors (Lipinski definition) is 2. The summed E-state index contributed by atoms with van der Waals surface area (Å²) in [6, 6.07) is 8.56. The first-order chi connectivity index (χ1) is 8.50. The van der Waals surface area contributed by atoms with Crippen molar-refractivity contribution in [2.45, 2.75) is 11.6 Å². The van der Waals surface area contributed by atoms with E-state index in [1.54, 1.807) is 25.2 Å². The van der Waals surface area contributed by atoms with Crippen LogP contribution in [0.25, 0.3) is 0 Å². The zero-order valence-corrected chi connectivity index (χ0v) is 10.7. The van der Waals surface area contributed by atoms with Crippen LogP contribution in [-0.2, 0) is 23.6 Å². The Kier molecular flexibility index (Phi) is 3.35. The van der Waals surface area contributed by atoms with E-state index < -0.39 is 10.0 Å². The van der Waals surface area contributed by atoms with E-state index in [0.717, 1.165) is 5.56 Å².